The molecule has 0 aliphatic carbocycles. The van der Waals surface area contributed by atoms with Crippen molar-refractivity contribution >= 4 is 40.3 Å². The monoisotopic (exact) mass is 425 g/mol. The van der Waals surface area contributed by atoms with Gasteiger partial charge in [-0.15, -0.1) is 0 Å². The maximum absolute atomic E-state index is 12.8. The second-order valence-electron chi connectivity index (χ2n) is 7.27. The Bertz CT molecular complexity index is 933. The summed E-state index contributed by atoms with van der Waals surface area (Å²) in [5.74, 6) is 0.732. The fourth-order valence-corrected chi connectivity index (χ4v) is 4.62. The molecule has 0 spiro atoms. The number of aryl methyl sites for hydroxylation is 1. The first-order valence-corrected chi connectivity index (χ1v) is 11.0. The zero-order valence-electron chi connectivity index (χ0n) is 16.3. The van der Waals surface area contributed by atoms with E-state index in [0.29, 0.717) is 22.4 Å². The molecule has 2 aromatic rings. The molecular weight excluding hydrogens is 402 g/mol. The Balaban J connectivity index is 1.42. The second kappa shape index (κ2) is 9.11. The van der Waals surface area contributed by atoms with Crippen molar-refractivity contribution in [2.24, 2.45) is 0 Å². The summed E-state index contributed by atoms with van der Waals surface area (Å²) in [5, 5.41) is 0. The Morgan fingerprint density at radius 2 is 2.10 bits per heavy atom. The van der Waals surface area contributed by atoms with Crippen LogP contribution in [0.4, 0.5) is 0 Å². The number of thioether (sulfide) groups is 1. The van der Waals surface area contributed by atoms with E-state index in [1.54, 1.807) is 4.90 Å². The first kappa shape index (κ1) is 20.1. The maximum atomic E-state index is 12.8. The quantitative estimate of drug-likeness (QED) is 0.483. The van der Waals surface area contributed by atoms with Crippen molar-refractivity contribution in [3.8, 4) is 5.75 Å². The summed E-state index contributed by atoms with van der Waals surface area (Å²) >= 11 is 6.77. The van der Waals surface area contributed by atoms with E-state index in [1.165, 1.54) is 17.3 Å². The third-order valence-electron chi connectivity index (χ3n) is 4.97. The summed E-state index contributed by atoms with van der Waals surface area (Å²) in [6, 6.07) is 16.1. The zero-order valence-corrected chi connectivity index (χ0v) is 17.9. The van der Waals surface area contributed by atoms with E-state index in [-0.39, 0.29) is 12.0 Å². The van der Waals surface area contributed by atoms with Crippen LogP contribution < -0.4 is 4.74 Å². The predicted octanol–water partition coefficient (Wildman–Crippen LogP) is 4.95. The van der Waals surface area contributed by atoms with Gasteiger partial charge in [0.15, 0.2) is 0 Å². The lowest BCUT2D eigenvalue weighted by molar-refractivity contribution is -0.123. The fourth-order valence-electron chi connectivity index (χ4n) is 3.35. The van der Waals surface area contributed by atoms with Crippen LogP contribution >= 0.6 is 24.0 Å². The fraction of sp³-hybridized carbons (Fsp3) is 0.304. The van der Waals surface area contributed by atoms with Crippen molar-refractivity contribution in [1.29, 1.82) is 0 Å². The number of nitrogens with zero attached hydrogens (tertiary/aromatic N) is 1. The van der Waals surface area contributed by atoms with Crippen molar-refractivity contribution < 1.29 is 14.3 Å². The van der Waals surface area contributed by atoms with Crippen molar-refractivity contribution in [2.75, 3.05) is 13.2 Å². The number of carbonyl (C=O) groups is 1. The smallest absolute Gasteiger partial charge is 0.266 e. The molecule has 2 aliphatic rings. The molecule has 0 bridgehead atoms. The van der Waals surface area contributed by atoms with Gasteiger partial charge < -0.3 is 9.47 Å². The van der Waals surface area contributed by atoms with Gasteiger partial charge in [0.25, 0.3) is 5.91 Å². The van der Waals surface area contributed by atoms with Crippen molar-refractivity contribution in [2.45, 2.75) is 32.5 Å². The average molecular weight is 426 g/mol. The predicted molar refractivity (Wildman–Crippen MR) is 121 cm³/mol. The lowest BCUT2D eigenvalue weighted by Gasteiger charge is -2.18. The molecule has 29 heavy (non-hydrogen) atoms. The van der Waals surface area contributed by atoms with E-state index in [0.717, 1.165) is 36.3 Å². The van der Waals surface area contributed by atoms with Crippen LogP contribution in [0.15, 0.2) is 53.4 Å². The van der Waals surface area contributed by atoms with E-state index in [2.05, 4.69) is 31.2 Å². The lowest BCUT2D eigenvalue weighted by Crippen LogP contribution is -2.35. The van der Waals surface area contributed by atoms with Crippen LogP contribution in [0.2, 0.25) is 0 Å². The van der Waals surface area contributed by atoms with Gasteiger partial charge in [-0.05, 0) is 49.1 Å². The molecular formula is C23H23NO3S2. The van der Waals surface area contributed by atoms with Gasteiger partial charge in [0.05, 0.1) is 17.6 Å². The summed E-state index contributed by atoms with van der Waals surface area (Å²) in [6.45, 7) is 3.89. The van der Waals surface area contributed by atoms with Crippen molar-refractivity contribution in [1.82, 2.24) is 4.90 Å². The van der Waals surface area contributed by atoms with Crippen molar-refractivity contribution in [3.05, 3.63) is 70.1 Å². The average Bonchev–Trinajstić information content (AvgIpc) is 3.32. The minimum absolute atomic E-state index is 0.0403. The number of carbonyl (C=O) groups excluding carboxylic acids is 1. The van der Waals surface area contributed by atoms with Gasteiger partial charge in [0.2, 0.25) is 0 Å². The molecule has 1 amide bonds. The maximum Gasteiger partial charge on any atom is 0.266 e. The molecule has 0 N–H and O–H groups in total. The van der Waals surface area contributed by atoms with Crippen LogP contribution in [-0.2, 0) is 16.1 Å². The third kappa shape index (κ3) is 5.07. The van der Waals surface area contributed by atoms with E-state index in [4.69, 9.17) is 21.7 Å². The second-order valence-corrected chi connectivity index (χ2v) is 8.95. The SMILES string of the molecule is Cc1ccc(COc2cccc(/C=C3\SC(=S)N(CC4CCCO4)C3=O)c2)cc1. The molecule has 2 heterocycles. The molecule has 0 radical (unpaired) electrons. The molecule has 2 fully saturated rings. The Hall–Kier alpha value is -2.15. The molecule has 0 aromatic heterocycles. The van der Waals surface area contributed by atoms with E-state index in [9.17, 15) is 4.79 Å². The Morgan fingerprint density at radius 1 is 1.28 bits per heavy atom. The topological polar surface area (TPSA) is 38.8 Å². The van der Waals surface area contributed by atoms with Gasteiger partial charge >= 0.3 is 0 Å². The van der Waals surface area contributed by atoms with Crippen molar-refractivity contribution in [3.63, 3.8) is 0 Å². The number of hydrogen-bond acceptors (Lipinski definition) is 5. The molecule has 1 unspecified atom stereocenters. The highest BCUT2D eigenvalue weighted by Crippen LogP contribution is 2.34. The molecule has 6 heteroatoms. The van der Waals surface area contributed by atoms with Crippen LogP contribution in [0.25, 0.3) is 6.08 Å². The number of benzene rings is 2. The Labute approximate surface area is 180 Å². The van der Waals surface area contributed by atoms with Gasteiger partial charge in [-0.1, -0.05) is 65.9 Å². The van der Waals surface area contributed by atoms with E-state index >= 15 is 0 Å². The van der Waals surface area contributed by atoms with Crippen LogP contribution in [-0.4, -0.2) is 34.4 Å². The molecule has 150 valence electrons. The Morgan fingerprint density at radius 3 is 2.86 bits per heavy atom. The van der Waals surface area contributed by atoms with Gasteiger partial charge in [-0.3, -0.25) is 9.69 Å². The van der Waals surface area contributed by atoms with Gasteiger partial charge in [0, 0.05) is 6.61 Å². The number of ether oxygens (including phenoxy) is 2. The lowest BCUT2D eigenvalue weighted by atomic mass is 10.1. The largest absolute Gasteiger partial charge is 0.489 e. The molecule has 2 aliphatic heterocycles. The molecule has 2 aromatic carbocycles. The molecule has 2 saturated heterocycles. The summed E-state index contributed by atoms with van der Waals surface area (Å²) in [5.41, 5.74) is 3.27. The highest BCUT2D eigenvalue weighted by Gasteiger charge is 2.34. The third-order valence-corrected chi connectivity index (χ3v) is 6.34. The molecule has 1 atom stereocenters. The molecule has 4 nitrogen and oxygen atoms in total. The normalized spacial score (nSPS) is 20.7. The number of amides is 1. The highest BCUT2D eigenvalue weighted by atomic mass is 32.2. The van der Waals surface area contributed by atoms with E-state index < -0.39 is 0 Å². The van der Waals surface area contributed by atoms with Crippen LogP contribution in [0.3, 0.4) is 0 Å². The number of thiocarbonyl (C=S) groups is 1. The van der Waals surface area contributed by atoms with Gasteiger partial charge in [-0.2, -0.15) is 0 Å². The minimum Gasteiger partial charge on any atom is -0.489 e. The number of rotatable bonds is 6. The van der Waals surface area contributed by atoms with Crippen LogP contribution in [0.1, 0.15) is 29.5 Å². The standard InChI is InChI=1S/C23H23NO3S2/c1-16-7-9-17(10-8-16)15-27-19-5-2-4-18(12-19)13-21-22(25)24(23(28)29-21)14-20-6-3-11-26-20/h2,4-5,7-10,12-13,20H,3,6,11,14-15H2,1H3/b21-13-. The van der Waals surface area contributed by atoms with Crippen LogP contribution in [0, 0.1) is 6.92 Å². The summed E-state index contributed by atoms with van der Waals surface area (Å²) in [7, 11) is 0. The summed E-state index contributed by atoms with van der Waals surface area (Å²) in [6.07, 6.45) is 4.00. The first-order valence-electron chi connectivity index (χ1n) is 9.74. The van der Waals surface area contributed by atoms with Gasteiger partial charge in [0.1, 0.15) is 16.7 Å². The van der Waals surface area contributed by atoms with Crippen LogP contribution in [0.5, 0.6) is 5.75 Å². The first-order chi connectivity index (χ1) is 14.1. The molecule has 4 rings (SSSR count). The number of hydrogen-bond donors (Lipinski definition) is 0. The van der Waals surface area contributed by atoms with Gasteiger partial charge in [-0.25, -0.2) is 0 Å². The minimum atomic E-state index is -0.0403. The molecule has 0 saturated carbocycles. The Kier molecular flexibility index (Phi) is 6.33. The van der Waals surface area contributed by atoms with E-state index in [1.807, 2.05) is 30.3 Å². The zero-order chi connectivity index (χ0) is 20.2. The summed E-state index contributed by atoms with van der Waals surface area (Å²) in [4.78, 5) is 15.1. The highest BCUT2D eigenvalue weighted by molar-refractivity contribution is 8.26. The summed E-state index contributed by atoms with van der Waals surface area (Å²) < 4.78 is 12.2.